The number of nitrogens with one attached hydrogen (secondary N) is 3. The Morgan fingerprint density at radius 2 is 2.28 bits per heavy atom. The van der Waals surface area contributed by atoms with Crippen LogP contribution in [0.3, 0.4) is 0 Å². The number of aliphatic imine (C=N–C) groups is 2. The van der Waals surface area contributed by atoms with Crippen LogP contribution in [0.5, 0.6) is 0 Å². The summed E-state index contributed by atoms with van der Waals surface area (Å²) < 4.78 is 12.8. The molecule has 8 nitrogen and oxygen atoms in total. The lowest BCUT2D eigenvalue weighted by Gasteiger charge is -2.14. The van der Waals surface area contributed by atoms with Crippen LogP contribution in [0.15, 0.2) is 34.3 Å². The van der Waals surface area contributed by atoms with E-state index in [4.69, 9.17) is 11.6 Å². The second-order valence-electron chi connectivity index (χ2n) is 5.18. The van der Waals surface area contributed by atoms with E-state index in [0.717, 1.165) is 11.9 Å². The topological polar surface area (TPSA) is 103 Å². The first-order valence-corrected chi connectivity index (χ1v) is 7.71. The second-order valence-corrected chi connectivity index (χ2v) is 5.59. The van der Waals surface area contributed by atoms with E-state index in [1.54, 1.807) is 6.92 Å². The fourth-order valence-corrected chi connectivity index (χ4v) is 1.97. The van der Waals surface area contributed by atoms with Gasteiger partial charge in [0.15, 0.2) is 11.6 Å². The molecule has 0 fully saturated rings. The molecular formula is C15H18ClFN8. The zero-order valence-corrected chi connectivity index (χ0v) is 14.8. The molecule has 10 heteroatoms. The third kappa shape index (κ3) is 5.35. The summed E-state index contributed by atoms with van der Waals surface area (Å²) in [6.45, 7) is 8.38. The van der Waals surface area contributed by atoms with Crippen molar-refractivity contribution >= 4 is 41.7 Å². The molecule has 2 heterocycles. The molecule has 0 amide bonds. The maximum absolute atomic E-state index is 12.8. The molecule has 0 aliphatic rings. The van der Waals surface area contributed by atoms with Gasteiger partial charge in [-0.15, -0.1) is 0 Å². The average molecular weight is 365 g/mol. The summed E-state index contributed by atoms with van der Waals surface area (Å²) in [6.07, 6.45) is 2.52. The molecule has 0 spiro atoms. The molecule has 132 valence electrons. The molecule has 0 saturated heterocycles. The number of hydrogen-bond acceptors (Lipinski definition) is 6. The average Bonchev–Trinajstić information content (AvgIpc) is 2.96. The number of allylic oxidation sites excluding steroid dienone is 1. The Labute approximate surface area is 149 Å². The number of hydrogen-bond donors (Lipinski definition) is 3. The van der Waals surface area contributed by atoms with Gasteiger partial charge in [0, 0.05) is 11.8 Å². The van der Waals surface area contributed by atoms with Gasteiger partial charge < -0.3 is 10.6 Å². The minimum Gasteiger partial charge on any atom is -0.344 e. The Morgan fingerprint density at radius 1 is 1.52 bits per heavy atom. The minimum atomic E-state index is -0.433. The van der Waals surface area contributed by atoms with Crippen LogP contribution in [-0.4, -0.2) is 38.8 Å². The molecule has 1 atom stereocenters. The Hall–Kier alpha value is -2.81. The Morgan fingerprint density at radius 3 is 2.88 bits per heavy atom. The number of aryl methyl sites for hydroxylation is 1. The van der Waals surface area contributed by atoms with Gasteiger partial charge in [-0.1, -0.05) is 11.6 Å². The molecule has 2 aromatic heterocycles. The van der Waals surface area contributed by atoms with Gasteiger partial charge in [0.05, 0.1) is 18.4 Å². The van der Waals surface area contributed by atoms with Crippen molar-refractivity contribution in [3.63, 3.8) is 0 Å². The van der Waals surface area contributed by atoms with Crippen LogP contribution in [0.25, 0.3) is 0 Å². The maximum Gasteiger partial charge on any atom is 0.225 e. The maximum atomic E-state index is 12.8. The van der Waals surface area contributed by atoms with Crippen LogP contribution < -0.4 is 10.6 Å². The van der Waals surface area contributed by atoms with Gasteiger partial charge in [0.25, 0.3) is 0 Å². The predicted molar refractivity (Wildman–Crippen MR) is 98.6 cm³/mol. The summed E-state index contributed by atoms with van der Waals surface area (Å²) in [5.41, 5.74) is 0.897. The predicted octanol–water partition coefficient (Wildman–Crippen LogP) is 3.64. The summed E-state index contributed by atoms with van der Waals surface area (Å²) in [5, 5.41) is 13.2. The molecule has 0 bridgehead atoms. The van der Waals surface area contributed by atoms with E-state index in [1.807, 2.05) is 13.0 Å². The third-order valence-electron chi connectivity index (χ3n) is 2.97. The van der Waals surface area contributed by atoms with Gasteiger partial charge in [-0.05, 0) is 27.5 Å². The number of rotatable bonds is 6. The van der Waals surface area contributed by atoms with Gasteiger partial charge in [-0.25, -0.2) is 19.4 Å². The van der Waals surface area contributed by atoms with E-state index in [2.05, 4.69) is 47.5 Å². The number of H-pyrrole nitrogens is 1. The summed E-state index contributed by atoms with van der Waals surface area (Å²) in [6, 6.07) is 1.42. The van der Waals surface area contributed by atoms with Crippen molar-refractivity contribution in [3.05, 3.63) is 35.0 Å². The minimum absolute atomic E-state index is 0.295. The highest BCUT2D eigenvalue weighted by Crippen LogP contribution is 2.23. The van der Waals surface area contributed by atoms with Gasteiger partial charge in [0.1, 0.15) is 16.7 Å². The monoisotopic (exact) mass is 364 g/mol. The van der Waals surface area contributed by atoms with Gasteiger partial charge >= 0.3 is 0 Å². The van der Waals surface area contributed by atoms with Crippen molar-refractivity contribution < 1.29 is 4.39 Å². The van der Waals surface area contributed by atoms with E-state index in [0.29, 0.717) is 28.4 Å². The first-order chi connectivity index (χ1) is 11.9. The van der Waals surface area contributed by atoms with Crippen LogP contribution >= 0.6 is 11.6 Å². The lowest BCUT2D eigenvalue weighted by atomic mass is 10.3. The quantitative estimate of drug-likeness (QED) is 0.536. The first-order valence-electron chi connectivity index (χ1n) is 7.34. The zero-order valence-electron chi connectivity index (χ0n) is 14.0. The van der Waals surface area contributed by atoms with Gasteiger partial charge in [-0.2, -0.15) is 10.1 Å². The molecule has 0 aliphatic carbocycles. The number of anilines is 3. The van der Waals surface area contributed by atoms with Crippen molar-refractivity contribution in [2.24, 2.45) is 9.98 Å². The van der Waals surface area contributed by atoms with E-state index >= 15 is 0 Å². The fourth-order valence-electron chi connectivity index (χ4n) is 1.83. The van der Waals surface area contributed by atoms with Crippen LogP contribution in [-0.2, 0) is 0 Å². The number of halogens is 2. The zero-order chi connectivity index (χ0) is 18.4. The van der Waals surface area contributed by atoms with Gasteiger partial charge in [-0.3, -0.25) is 5.10 Å². The smallest absolute Gasteiger partial charge is 0.225 e. The molecule has 2 aromatic rings. The van der Waals surface area contributed by atoms with Crippen LogP contribution in [0.2, 0.25) is 5.02 Å². The van der Waals surface area contributed by atoms with Crippen molar-refractivity contribution in [1.82, 2.24) is 20.2 Å². The third-order valence-corrected chi connectivity index (χ3v) is 3.24. The molecule has 0 radical (unpaired) electrons. The van der Waals surface area contributed by atoms with Crippen molar-refractivity contribution in [1.29, 1.82) is 0 Å². The van der Waals surface area contributed by atoms with E-state index < -0.39 is 11.9 Å². The number of amidine groups is 1. The Kier molecular flexibility index (Phi) is 6.18. The number of aromatic nitrogens is 4. The second kappa shape index (κ2) is 8.34. The van der Waals surface area contributed by atoms with Crippen molar-refractivity contribution in [2.75, 3.05) is 10.6 Å². The first kappa shape index (κ1) is 18.5. The summed E-state index contributed by atoms with van der Waals surface area (Å²) in [5.74, 6) is 1.13. The molecule has 0 saturated carbocycles. The lowest BCUT2D eigenvalue weighted by Crippen LogP contribution is -2.25. The van der Waals surface area contributed by atoms with E-state index in [1.165, 1.54) is 13.1 Å². The Balaban J connectivity index is 2.17. The number of nitrogens with zero attached hydrogens (tertiary/aromatic N) is 5. The fraction of sp³-hybridized carbons (Fsp3) is 0.267. The molecule has 0 aromatic carbocycles. The Bertz CT molecular complexity index is 810. The highest BCUT2D eigenvalue weighted by molar-refractivity contribution is 6.32. The molecule has 2 rings (SSSR count). The molecule has 0 aliphatic heterocycles. The standard InChI is InChI=1S/C15H18ClFN8/c1-8(17)6-19-13(18-4)10(3)21-15-20-7-11(16)14(23-15)22-12-5-9(2)24-25-12/h5-7,10H,4H2,1-3H3,(H3,20,21,22,23,24,25)/b8-6+,19-13-/t10-/m0/s1. The molecule has 3 N–H and O–H groups in total. The van der Waals surface area contributed by atoms with Crippen molar-refractivity contribution in [3.8, 4) is 0 Å². The summed E-state index contributed by atoms with van der Waals surface area (Å²) in [4.78, 5) is 16.1. The highest BCUT2D eigenvalue weighted by atomic mass is 35.5. The number of aromatic amines is 1. The summed E-state index contributed by atoms with van der Waals surface area (Å²) in [7, 11) is 0. The van der Waals surface area contributed by atoms with Crippen LogP contribution in [0, 0.1) is 6.92 Å². The summed E-state index contributed by atoms with van der Waals surface area (Å²) >= 11 is 6.11. The van der Waals surface area contributed by atoms with Crippen LogP contribution in [0.4, 0.5) is 22.0 Å². The lowest BCUT2D eigenvalue weighted by molar-refractivity contribution is 0.637. The van der Waals surface area contributed by atoms with Crippen LogP contribution in [0.1, 0.15) is 19.5 Å². The normalized spacial score (nSPS) is 13.5. The molecule has 0 unspecified atom stereocenters. The van der Waals surface area contributed by atoms with E-state index in [9.17, 15) is 4.39 Å². The van der Waals surface area contributed by atoms with E-state index in [-0.39, 0.29) is 0 Å². The largest absolute Gasteiger partial charge is 0.344 e. The SMILES string of the molecule is C=N/C(=N\C=C(/C)F)[C@H](C)Nc1ncc(Cl)c(Nc2cc(C)[nH]n2)n1. The molecular weight excluding hydrogens is 347 g/mol. The van der Waals surface area contributed by atoms with Crippen molar-refractivity contribution in [2.45, 2.75) is 26.8 Å². The van der Waals surface area contributed by atoms with Gasteiger partial charge in [0.2, 0.25) is 5.95 Å². The molecule has 25 heavy (non-hydrogen) atoms. The highest BCUT2D eigenvalue weighted by Gasteiger charge is 2.13.